The zero-order valence-corrected chi connectivity index (χ0v) is 18.6. The first kappa shape index (κ1) is 24.0. The Hall–Kier alpha value is -3.69. The van der Waals surface area contributed by atoms with Gasteiger partial charge in [-0.1, -0.05) is 12.1 Å². The van der Waals surface area contributed by atoms with Crippen molar-refractivity contribution in [3.63, 3.8) is 0 Å². The second-order valence-electron chi connectivity index (χ2n) is 7.45. The van der Waals surface area contributed by atoms with Gasteiger partial charge in [0.25, 0.3) is 5.91 Å². The monoisotopic (exact) mass is 457 g/mol. The van der Waals surface area contributed by atoms with Gasteiger partial charge in [-0.05, 0) is 37.6 Å². The highest BCUT2D eigenvalue weighted by atomic mass is 19.1. The van der Waals surface area contributed by atoms with Gasteiger partial charge in [0.1, 0.15) is 11.6 Å². The summed E-state index contributed by atoms with van der Waals surface area (Å²) in [7, 11) is 0. The van der Waals surface area contributed by atoms with E-state index in [1.165, 1.54) is 24.4 Å². The molecule has 0 radical (unpaired) electrons. The van der Waals surface area contributed by atoms with Gasteiger partial charge in [-0.2, -0.15) is 0 Å². The van der Waals surface area contributed by atoms with Gasteiger partial charge in [0.05, 0.1) is 24.1 Å². The summed E-state index contributed by atoms with van der Waals surface area (Å²) in [5.41, 5.74) is 0.435. The van der Waals surface area contributed by atoms with Gasteiger partial charge in [0.15, 0.2) is 0 Å². The minimum absolute atomic E-state index is 0.0307. The van der Waals surface area contributed by atoms with E-state index in [2.05, 4.69) is 15.6 Å². The summed E-state index contributed by atoms with van der Waals surface area (Å²) >= 11 is 0. The van der Waals surface area contributed by atoms with Gasteiger partial charge >= 0.3 is 12.0 Å². The molecule has 176 valence electrons. The number of anilines is 2. The van der Waals surface area contributed by atoms with E-state index in [0.29, 0.717) is 51.4 Å². The van der Waals surface area contributed by atoms with E-state index in [0.717, 1.165) is 5.82 Å². The third kappa shape index (κ3) is 6.90. The maximum absolute atomic E-state index is 13.8. The Balaban J connectivity index is 1.42. The van der Waals surface area contributed by atoms with Crippen LogP contribution in [0.1, 0.15) is 30.1 Å². The highest BCUT2D eigenvalue weighted by Crippen LogP contribution is 2.17. The van der Waals surface area contributed by atoms with Crippen molar-refractivity contribution in [3.05, 3.63) is 54.0 Å². The summed E-state index contributed by atoms with van der Waals surface area (Å²) in [4.78, 5) is 44.0. The number of rotatable bonds is 8. The first-order chi connectivity index (χ1) is 16.0. The lowest BCUT2D eigenvalue weighted by atomic mass is 10.2. The standard InChI is InChI=1S/C23H28FN5O4/c1-2-33-21(30)8-5-11-25-23(32)29-14-12-28(13-15-29)20-10-9-17(16-26-20)27-22(31)18-6-3-4-7-19(18)24/h3-4,6-7,9-10,16H,2,5,8,11-15H2,1H3,(H,25,32)(H,27,31). The van der Waals surface area contributed by atoms with Crippen molar-refractivity contribution in [1.29, 1.82) is 0 Å². The van der Waals surface area contributed by atoms with Crippen molar-refractivity contribution in [2.75, 3.05) is 49.5 Å². The highest BCUT2D eigenvalue weighted by molar-refractivity contribution is 6.04. The Labute approximate surface area is 191 Å². The van der Waals surface area contributed by atoms with E-state index in [1.807, 2.05) is 4.90 Å². The maximum atomic E-state index is 13.8. The number of hydrogen-bond acceptors (Lipinski definition) is 6. The van der Waals surface area contributed by atoms with Gasteiger partial charge in [-0.25, -0.2) is 14.2 Å². The molecule has 2 aromatic rings. The molecule has 10 heteroatoms. The van der Waals surface area contributed by atoms with E-state index in [9.17, 15) is 18.8 Å². The van der Waals surface area contributed by atoms with Crippen molar-refractivity contribution >= 4 is 29.4 Å². The molecule has 0 unspecified atom stereocenters. The third-order valence-electron chi connectivity index (χ3n) is 5.15. The largest absolute Gasteiger partial charge is 0.466 e. The minimum atomic E-state index is -0.583. The van der Waals surface area contributed by atoms with Crippen LogP contribution in [0.3, 0.4) is 0 Å². The van der Waals surface area contributed by atoms with Crippen LogP contribution in [0.15, 0.2) is 42.6 Å². The summed E-state index contributed by atoms with van der Waals surface area (Å²) in [6.45, 7) is 4.84. The van der Waals surface area contributed by atoms with Crippen LogP contribution in [-0.2, 0) is 9.53 Å². The lowest BCUT2D eigenvalue weighted by Crippen LogP contribution is -2.52. The van der Waals surface area contributed by atoms with E-state index < -0.39 is 11.7 Å². The Morgan fingerprint density at radius 2 is 1.85 bits per heavy atom. The predicted molar refractivity (Wildman–Crippen MR) is 122 cm³/mol. The third-order valence-corrected chi connectivity index (χ3v) is 5.15. The second kappa shape index (κ2) is 11.8. The number of benzene rings is 1. The fourth-order valence-electron chi connectivity index (χ4n) is 3.40. The molecule has 1 aliphatic heterocycles. The number of hydrogen-bond donors (Lipinski definition) is 2. The fourth-order valence-corrected chi connectivity index (χ4v) is 3.40. The minimum Gasteiger partial charge on any atom is -0.466 e. The van der Waals surface area contributed by atoms with Crippen molar-refractivity contribution in [2.45, 2.75) is 19.8 Å². The van der Waals surface area contributed by atoms with Crippen LogP contribution in [-0.4, -0.2) is 67.1 Å². The molecular formula is C23H28FN5O4. The van der Waals surface area contributed by atoms with Gasteiger partial charge < -0.3 is 25.2 Å². The average Bonchev–Trinajstić information content (AvgIpc) is 2.83. The number of halogens is 1. The number of ether oxygens (including phenoxy) is 1. The summed E-state index contributed by atoms with van der Waals surface area (Å²) in [6.07, 6.45) is 2.34. The molecule has 1 aromatic carbocycles. The summed E-state index contributed by atoms with van der Waals surface area (Å²) < 4.78 is 18.6. The molecule has 1 aromatic heterocycles. The maximum Gasteiger partial charge on any atom is 0.317 e. The number of amides is 3. The number of aromatic nitrogens is 1. The molecule has 0 saturated carbocycles. The van der Waals surface area contributed by atoms with E-state index in [-0.39, 0.29) is 24.0 Å². The van der Waals surface area contributed by atoms with Crippen LogP contribution in [0.2, 0.25) is 0 Å². The van der Waals surface area contributed by atoms with Gasteiger partial charge in [-0.3, -0.25) is 9.59 Å². The number of pyridine rings is 1. The lowest BCUT2D eigenvalue weighted by Gasteiger charge is -2.35. The highest BCUT2D eigenvalue weighted by Gasteiger charge is 2.22. The van der Waals surface area contributed by atoms with E-state index in [4.69, 9.17) is 4.74 Å². The molecule has 9 nitrogen and oxygen atoms in total. The van der Waals surface area contributed by atoms with Crippen molar-refractivity contribution < 1.29 is 23.5 Å². The lowest BCUT2D eigenvalue weighted by molar-refractivity contribution is -0.143. The van der Waals surface area contributed by atoms with Crippen LogP contribution in [0.4, 0.5) is 20.7 Å². The molecular weight excluding hydrogens is 429 g/mol. The number of piperazine rings is 1. The van der Waals surface area contributed by atoms with Crippen LogP contribution in [0.5, 0.6) is 0 Å². The Morgan fingerprint density at radius 3 is 2.52 bits per heavy atom. The molecule has 1 fully saturated rings. The smallest absolute Gasteiger partial charge is 0.317 e. The molecule has 3 rings (SSSR count). The number of esters is 1. The molecule has 3 amide bonds. The topological polar surface area (TPSA) is 104 Å². The fraction of sp³-hybridized carbons (Fsp3) is 0.391. The second-order valence-corrected chi connectivity index (χ2v) is 7.45. The number of nitrogens with zero attached hydrogens (tertiary/aromatic N) is 3. The number of urea groups is 1. The van der Waals surface area contributed by atoms with Gasteiger partial charge in [0, 0.05) is 39.1 Å². The van der Waals surface area contributed by atoms with Crippen molar-refractivity contribution in [1.82, 2.24) is 15.2 Å². The predicted octanol–water partition coefficient (Wildman–Crippen LogP) is 2.65. The van der Waals surface area contributed by atoms with E-state index >= 15 is 0 Å². The Morgan fingerprint density at radius 1 is 1.09 bits per heavy atom. The molecule has 0 spiro atoms. The molecule has 1 saturated heterocycles. The van der Waals surface area contributed by atoms with Gasteiger partial charge in [0.2, 0.25) is 0 Å². The zero-order valence-electron chi connectivity index (χ0n) is 18.6. The number of carbonyl (C=O) groups is 3. The Bertz CT molecular complexity index is 962. The summed E-state index contributed by atoms with van der Waals surface area (Å²) in [6, 6.07) is 9.12. The van der Waals surface area contributed by atoms with Crippen LogP contribution >= 0.6 is 0 Å². The normalized spacial score (nSPS) is 13.4. The van der Waals surface area contributed by atoms with Crippen LogP contribution in [0, 0.1) is 5.82 Å². The first-order valence-electron chi connectivity index (χ1n) is 10.9. The van der Waals surface area contributed by atoms with E-state index in [1.54, 1.807) is 30.0 Å². The molecule has 0 aliphatic carbocycles. The quantitative estimate of drug-likeness (QED) is 0.467. The number of carbonyl (C=O) groups excluding carboxylic acids is 3. The molecule has 2 N–H and O–H groups in total. The Kier molecular flexibility index (Phi) is 8.56. The van der Waals surface area contributed by atoms with Crippen molar-refractivity contribution in [2.24, 2.45) is 0 Å². The van der Waals surface area contributed by atoms with Crippen molar-refractivity contribution in [3.8, 4) is 0 Å². The van der Waals surface area contributed by atoms with Gasteiger partial charge in [-0.15, -0.1) is 0 Å². The molecule has 0 bridgehead atoms. The molecule has 0 atom stereocenters. The SMILES string of the molecule is CCOC(=O)CCCNC(=O)N1CCN(c2ccc(NC(=O)c3ccccc3F)cn2)CC1. The molecule has 33 heavy (non-hydrogen) atoms. The summed E-state index contributed by atoms with van der Waals surface area (Å²) in [5.74, 6) is -0.649. The summed E-state index contributed by atoms with van der Waals surface area (Å²) in [5, 5.41) is 5.47. The molecule has 2 heterocycles. The average molecular weight is 458 g/mol. The zero-order chi connectivity index (χ0) is 23.6. The van der Waals surface area contributed by atoms with Crippen LogP contribution in [0.25, 0.3) is 0 Å². The molecule has 1 aliphatic rings. The number of nitrogens with one attached hydrogen (secondary N) is 2. The first-order valence-corrected chi connectivity index (χ1v) is 10.9. The van der Waals surface area contributed by atoms with Crippen LogP contribution < -0.4 is 15.5 Å².